The Morgan fingerprint density at radius 2 is 1.57 bits per heavy atom. The fourth-order valence-corrected chi connectivity index (χ4v) is 5.52. The molecular weight excluding hydrogens is 535 g/mol. The molecule has 204 valence electrons. The zero-order valence-corrected chi connectivity index (χ0v) is 24.4. The Labute approximate surface area is 245 Å². The maximum absolute atomic E-state index is 6.16. The highest BCUT2D eigenvalue weighted by atomic mass is 32.2. The van der Waals surface area contributed by atoms with Gasteiger partial charge in [-0.3, -0.25) is 4.98 Å². The highest BCUT2D eigenvalue weighted by Crippen LogP contribution is 2.31. The van der Waals surface area contributed by atoms with E-state index in [1.54, 1.807) is 23.3 Å². The van der Waals surface area contributed by atoms with Gasteiger partial charge in [-0.05, 0) is 60.0 Å². The molecule has 0 saturated carbocycles. The molecule has 5 nitrogen and oxygen atoms in total. The van der Waals surface area contributed by atoms with Crippen molar-refractivity contribution in [2.75, 3.05) is 22.5 Å². The van der Waals surface area contributed by atoms with E-state index in [9.17, 15) is 0 Å². The van der Waals surface area contributed by atoms with Gasteiger partial charge in [0, 0.05) is 54.3 Å². The molecule has 5 aromatic rings. The van der Waals surface area contributed by atoms with E-state index in [0.29, 0.717) is 6.61 Å². The third-order valence-electron chi connectivity index (χ3n) is 6.51. The smallest absolute Gasteiger partial charge is 0.131 e. The van der Waals surface area contributed by atoms with Crippen LogP contribution in [-0.2, 0) is 19.5 Å². The molecule has 40 heavy (non-hydrogen) atoms. The van der Waals surface area contributed by atoms with E-state index in [0.717, 1.165) is 42.4 Å². The third-order valence-corrected chi connectivity index (χ3v) is 7.78. The lowest BCUT2D eigenvalue weighted by Gasteiger charge is -2.28. The van der Waals surface area contributed by atoms with Crippen molar-refractivity contribution in [2.24, 2.45) is 0 Å². The predicted molar refractivity (Wildman–Crippen MR) is 169 cm³/mol. The van der Waals surface area contributed by atoms with Crippen LogP contribution in [0.5, 0.6) is 17.2 Å². The summed E-state index contributed by atoms with van der Waals surface area (Å²) >= 11 is 3.26. The van der Waals surface area contributed by atoms with E-state index in [4.69, 9.17) is 9.47 Å². The lowest BCUT2D eigenvalue weighted by atomic mass is 10.1. The molecule has 4 aromatic carbocycles. The number of hydrogen-bond acceptors (Lipinski definition) is 7. The molecule has 0 fully saturated rings. The van der Waals surface area contributed by atoms with Crippen molar-refractivity contribution < 1.29 is 9.47 Å². The molecule has 0 aliphatic heterocycles. The van der Waals surface area contributed by atoms with Crippen molar-refractivity contribution in [3.8, 4) is 17.2 Å². The van der Waals surface area contributed by atoms with E-state index in [2.05, 4.69) is 82.2 Å². The maximum Gasteiger partial charge on any atom is 0.131 e. The first-order chi connectivity index (χ1) is 19.7. The molecule has 0 saturated heterocycles. The normalized spacial score (nSPS) is 10.8. The van der Waals surface area contributed by atoms with Gasteiger partial charge < -0.3 is 19.1 Å². The van der Waals surface area contributed by atoms with Gasteiger partial charge in [-0.15, -0.1) is 11.3 Å². The summed E-state index contributed by atoms with van der Waals surface area (Å²) < 4.78 is 15.5. The van der Waals surface area contributed by atoms with Crippen LogP contribution in [-0.4, -0.2) is 17.8 Å². The van der Waals surface area contributed by atoms with Crippen molar-refractivity contribution in [1.82, 2.24) is 4.98 Å². The van der Waals surface area contributed by atoms with Gasteiger partial charge >= 0.3 is 0 Å². The van der Waals surface area contributed by atoms with Gasteiger partial charge in [-0.2, -0.15) is 0 Å². The Morgan fingerprint density at radius 1 is 0.825 bits per heavy atom. The van der Waals surface area contributed by atoms with E-state index in [-0.39, 0.29) is 0 Å². The summed E-state index contributed by atoms with van der Waals surface area (Å²) in [5.74, 6) is 2.34. The molecule has 0 unspecified atom stereocenters. The van der Waals surface area contributed by atoms with Crippen molar-refractivity contribution >= 4 is 34.7 Å². The Balaban J connectivity index is 1.26. The molecular formula is C33H33N3O2S2. The van der Waals surface area contributed by atoms with Crippen molar-refractivity contribution in [2.45, 2.75) is 26.4 Å². The molecule has 0 bridgehead atoms. The summed E-state index contributed by atoms with van der Waals surface area (Å²) in [7, 11) is 0. The van der Waals surface area contributed by atoms with Crippen molar-refractivity contribution in [3.63, 3.8) is 0 Å². The average Bonchev–Trinajstić information content (AvgIpc) is 3.50. The van der Waals surface area contributed by atoms with Crippen molar-refractivity contribution in [3.05, 3.63) is 130 Å². The molecule has 1 aromatic heterocycles. The number of nitrogens with one attached hydrogen (secondary N) is 1. The van der Waals surface area contributed by atoms with Gasteiger partial charge in [0.25, 0.3) is 0 Å². The van der Waals surface area contributed by atoms with E-state index >= 15 is 0 Å². The first-order valence-electron chi connectivity index (χ1n) is 13.2. The molecule has 1 heterocycles. The number of rotatable bonds is 13. The van der Waals surface area contributed by atoms with Gasteiger partial charge in [-0.25, -0.2) is 0 Å². The van der Waals surface area contributed by atoms with Crippen LogP contribution in [0.1, 0.15) is 21.6 Å². The second kappa shape index (κ2) is 13.9. The highest BCUT2D eigenvalue weighted by molar-refractivity contribution is 7.99. The largest absolute Gasteiger partial charge is 0.493 e. The quantitative estimate of drug-likeness (QED) is 0.144. The van der Waals surface area contributed by atoms with Gasteiger partial charge in [0.1, 0.15) is 17.2 Å². The van der Waals surface area contributed by atoms with Crippen LogP contribution in [0.3, 0.4) is 0 Å². The first-order valence-corrected chi connectivity index (χ1v) is 15.3. The Morgan fingerprint density at radius 3 is 2.33 bits per heavy atom. The van der Waals surface area contributed by atoms with Crippen LogP contribution in [0.15, 0.2) is 109 Å². The van der Waals surface area contributed by atoms with Gasteiger partial charge in [-0.1, -0.05) is 66.5 Å². The molecule has 0 amide bonds. The van der Waals surface area contributed by atoms with Gasteiger partial charge in [0.2, 0.25) is 0 Å². The summed E-state index contributed by atoms with van der Waals surface area (Å²) in [6, 6.07) is 33.2. The Hall–Kier alpha value is -3.94. The summed E-state index contributed by atoms with van der Waals surface area (Å²) in [6.07, 6.45) is 4.78. The average molecular weight is 568 g/mol. The molecule has 7 heteroatoms. The van der Waals surface area contributed by atoms with E-state index in [1.807, 2.05) is 54.4 Å². The minimum atomic E-state index is 0.607. The maximum atomic E-state index is 6.16. The zero-order chi connectivity index (χ0) is 27.6. The van der Waals surface area contributed by atoms with E-state index < -0.39 is 0 Å². The summed E-state index contributed by atoms with van der Waals surface area (Å²) in [5.41, 5.74) is 7.93. The number of anilines is 2. The van der Waals surface area contributed by atoms with Crippen LogP contribution >= 0.6 is 23.3 Å². The second-order valence-electron chi connectivity index (χ2n) is 9.38. The molecule has 0 aliphatic rings. The highest BCUT2D eigenvalue weighted by Gasteiger charge is 2.14. The lowest BCUT2D eigenvalue weighted by molar-refractivity contribution is 0.321. The molecule has 0 radical (unpaired) electrons. The summed E-state index contributed by atoms with van der Waals surface area (Å²) in [5, 5.41) is 0. The summed E-state index contributed by atoms with van der Waals surface area (Å²) in [4.78, 5) is 7.76. The number of ether oxygens (including phenoxy) is 2. The Kier molecular flexibility index (Phi) is 9.61. The van der Waals surface area contributed by atoms with Gasteiger partial charge in [0.15, 0.2) is 0 Å². The molecule has 1 N–H and O–H groups in total. The minimum Gasteiger partial charge on any atom is -0.493 e. The SMILES string of the molecule is CSNc1cccc(N(Cc2ccccc2)Cc2ccc(Oc3cccc(OCCc4cncs4)c3)cc2)c1C. The number of thiazole rings is 1. The minimum absolute atomic E-state index is 0.607. The van der Waals surface area contributed by atoms with E-state index in [1.165, 1.54) is 27.3 Å². The standard InChI is InChI=1S/C33H33N3O2S2/c1-25-32(35-39-2)12-7-13-33(25)36(22-26-8-4-3-5-9-26)23-27-14-16-28(17-15-27)38-30-11-6-10-29(20-30)37-19-18-31-21-34-24-40-31/h3-17,20-21,24,35H,18-19,22-23H2,1-2H3. The fraction of sp³-hybridized carbons (Fsp3) is 0.182. The number of nitrogens with zero attached hydrogens (tertiary/aromatic N) is 2. The van der Waals surface area contributed by atoms with Crippen LogP contribution in [0, 0.1) is 6.92 Å². The monoisotopic (exact) mass is 567 g/mol. The third kappa shape index (κ3) is 7.58. The van der Waals surface area contributed by atoms with Crippen LogP contribution < -0.4 is 19.1 Å². The number of hydrogen-bond donors (Lipinski definition) is 1. The first kappa shape index (κ1) is 27.6. The Bertz CT molecular complexity index is 1480. The molecule has 5 rings (SSSR count). The number of benzene rings is 4. The predicted octanol–water partition coefficient (Wildman–Crippen LogP) is 8.76. The van der Waals surface area contributed by atoms with Crippen LogP contribution in [0.4, 0.5) is 11.4 Å². The fourth-order valence-electron chi connectivity index (χ4n) is 4.50. The lowest BCUT2D eigenvalue weighted by Crippen LogP contribution is -2.23. The zero-order valence-electron chi connectivity index (χ0n) is 22.7. The summed E-state index contributed by atoms with van der Waals surface area (Å²) in [6.45, 7) is 4.38. The number of aromatic nitrogens is 1. The molecule has 0 spiro atoms. The van der Waals surface area contributed by atoms with Crippen LogP contribution in [0.25, 0.3) is 0 Å². The van der Waals surface area contributed by atoms with Crippen LogP contribution in [0.2, 0.25) is 0 Å². The van der Waals surface area contributed by atoms with Gasteiger partial charge in [0.05, 0.1) is 12.1 Å². The molecule has 0 atom stereocenters. The second-order valence-corrected chi connectivity index (χ2v) is 11.0. The van der Waals surface area contributed by atoms with Crippen molar-refractivity contribution in [1.29, 1.82) is 0 Å². The topological polar surface area (TPSA) is 46.6 Å². The molecule has 0 aliphatic carbocycles.